The molecule has 0 saturated heterocycles. The van der Waals surface area contributed by atoms with Crippen LogP contribution in [-0.4, -0.2) is 62.0 Å². The molecule has 0 spiro atoms. The minimum absolute atomic E-state index is 0.0245. The highest BCUT2D eigenvalue weighted by molar-refractivity contribution is 6.19. The minimum Gasteiger partial charge on any atom is -0.394 e. The molecule has 0 bridgehead atoms. The van der Waals surface area contributed by atoms with E-state index < -0.39 is 5.56 Å². The van der Waals surface area contributed by atoms with E-state index in [1.807, 2.05) is 0 Å². The number of aliphatic hydroxyl groups excluding tert-OH is 2. The summed E-state index contributed by atoms with van der Waals surface area (Å²) in [5, 5.41) is 17.0. The van der Waals surface area contributed by atoms with Crippen molar-refractivity contribution in [3.05, 3.63) is 0 Å². The van der Waals surface area contributed by atoms with Gasteiger partial charge in [0.2, 0.25) is 0 Å². The lowest BCUT2D eigenvalue weighted by Crippen LogP contribution is -2.14. The molecule has 6 heteroatoms. The molecular formula is C8H17ClO5. The Hall–Kier alpha value is 0.0900. The molecule has 5 nitrogen and oxygen atoms in total. The van der Waals surface area contributed by atoms with Crippen LogP contribution >= 0.6 is 11.6 Å². The van der Waals surface area contributed by atoms with E-state index in [-0.39, 0.29) is 13.2 Å². The van der Waals surface area contributed by atoms with Crippen LogP contribution in [0.4, 0.5) is 0 Å². The molecule has 0 aromatic heterocycles. The zero-order chi connectivity index (χ0) is 10.6. The van der Waals surface area contributed by atoms with E-state index in [9.17, 15) is 0 Å². The van der Waals surface area contributed by atoms with Crippen molar-refractivity contribution < 1.29 is 24.4 Å². The monoisotopic (exact) mass is 228 g/mol. The summed E-state index contributed by atoms with van der Waals surface area (Å²) >= 11 is 5.22. The Bertz CT molecular complexity index is 112. The van der Waals surface area contributed by atoms with E-state index >= 15 is 0 Å². The Morgan fingerprint density at radius 3 is 1.93 bits per heavy atom. The van der Waals surface area contributed by atoms with Crippen molar-refractivity contribution in [1.29, 1.82) is 0 Å². The molecule has 0 saturated carbocycles. The second-order valence-electron chi connectivity index (χ2n) is 2.46. The molecule has 0 aliphatic carbocycles. The average Bonchev–Trinajstić information content (AvgIpc) is 2.15. The summed E-state index contributed by atoms with van der Waals surface area (Å²) in [6.07, 6.45) is 0. The number of ether oxygens (including phenoxy) is 3. The minimum atomic E-state index is -0.956. The average molecular weight is 229 g/mol. The van der Waals surface area contributed by atoms with Crippen molar-refractivity contribution in [2.24, 2.45) is 0 Å². The highest BCUT2D eigenvalue weighted by Crippen LogP contribution is 1.89. The van der Waals surface area contributed by atoms with Gasteiger partial charge in [0.05, 0.1) is 46.2 Å². The molecule has 86 valence electrons. The van der Waals surface area contributed by atoms with Crippen LogP contribution in [0.25, 0.3) is 0 Å². The molecule has 2 N–H and O–H groups in total. The third kappa shape index (κ3) is 12.1. The van der Waals surface area contributed by atoms with Gasteiger partial charge >= 0.3 is 0 Å². The zero-order valence-electron chi connectivity index (χ0n) is 8.02. The first kappa shape index (κ1) is 14.1. The maximum Gasteiger partial charge on any atom is 0.151 e. The van der Waals surface area contributed by atoms with Gasteiger partial charge in [0, 0.05) is 0 Å². The maximum atomic E-state index is 8.61. The van der Waals surface area contributed by atoms with Gasteiger partial charge in [-0.15, -0.1) is 0 Å². The molecule has 0 radical (unpaired) electrons. The van der Waals surface area contributed by atoms with Crippen LogP contribution in [0.5, 0.6) is 0 Å². The van der Waals surface area contributed by atoms with Gasteiger partial charge in [-0.05, 0) is 0 Å². The molecule has 0 aliphatic rings. The van der Waals surface area contributed by atoms with Crippen molar-refractivity contribution in [3.8, 4) is 0 Å². The van der Waals surface area contributed by atoms with E-state index in [0.29, 0.717) is 33.0 Å². The first-order valence-electron chi connectivity index (χ1n) is 4.43. The number of aliphatic hydroxyl groups is 2. The van der Waals surface area contributed by atoms with Gasteiger partial charge in [-0.3, -0.25) is 0 Å². The van der Waals surface area contributed by atoms with E-state index in [1.165, 1.54) is 0 Å². The summed E-state index contributed by atoms with van der Waals surface area (Å²) in [5.41, 5.74) is -0.956. The van der Waals surface area contributed by atoms with Crippen LogP contribution in [0.1, 0.15) is 0 Å². The number of hydrogen-bond donors (Lipinski definition) is 2. The number of alkyl halides is 1. The van der Waals surface area contributed by atoms with Crippen LogP contribution in [-0.2, 0) is 14.2 Å². The van der Waals surface area contributed by atoms with E-state index in [4.69, 9.17) is 36.0 Å². The normalized spacial score (nSPS) is 13.1. The van der Waals surface area contributed by atoms with Gasteiger partial charge in [0.15, 0.2) is 5.56 Å². The first-order valence-corrected chi connectivity index (χ1v) is 4.87. The molecule has 14 heavy (non-hydrogen) atoms. The van der Waals surface area contributed by atoms with Crippen LogP contribution in [0.2, 0.25) is 0 Å². The van der Waals surface area contributed by atoms with Crippen molar-refractivity contribution >= 4 is 11.6 Å². The van der Waals surface area contributed by atoms with Crippen molar-refractivity contribution in [3.63, 3.8) is 0 Å². The summed E-state index contributed by atoms with van der Waals surface area (Å²) in [6.45, 7) is 2.21. The molecule has 0 aromatic rings. The topological polar surface area (TPSA) is 68.2 Å². The summed E-state index contributed by atoms with van der Waals surface area (Å²) in [4.78, 5) is 0. The second kappa shape index (κ2) is 11.2. The van der Waals surface area contributed by atoms with E-state index in [1.54, 1.807) is 0 Å². The highest BCUT2D eigenvalue weighted by atomic mass is 35.5. The standard InChI is InChI=1S/C8H17ClO5/c9-8(11)7-14-6-5-13-4-3-12-2-1-10/h8,10-11H,1-7H2. The Kier molecular flexibility index (Phi) is 11.2. The van der Waals surface area contributed by atoms with Gasteiger partial charge < -0.3 is 24.4 Å². The predicted molar refractivity (Wildman–Crippen MR) is 51.4 cm³/mol. The number of halogens is 1. The SMILES string of the molecule is OCCOCCOCCOCC(O)Cl. The molecule has 1 unspecified atom stereocenters. The van der Waals surface area contributed by atoms with Crippen molar-refractivity contribution in [1.82, 2.24) is 0 Å². The predicted octanol–water partition coefficient (Wildman–Crippen LogP) is -0.414. The Labute approximate surface area is 88.5 Å². The second-order valence-corrected chi connectivity index (χ2v) is 2.96. The molecule has 0 aliphatic heterocycles. The smallest absolute Gasteiger partial charge is 0.151 e. The lowest BCUT2D eigenvalue weighted by molar-refractivity contribution is -0.00150. The van der Waals surface area contributed by atoms with Crippen LogP contribution < -0.4 is 0 Å². The summed E-state index contributed by atoms with van der Waals surface area (Å²) in [6, 6.07) is 0. The quantitative estimate of drug-likeness (QED) is 0.393. The fourth-order valence-corrected chi connectivity index (χ4v) is 0.774. The lowest BCUT2D eigenvalue weighted by atomic mass is 10.7. The molecule has 0 amide bonds. The molecule has 0 fully saturated rings. The molecule has 0 aromatic carbocycles. The fraction of sp³-hybridized carbons (Fsp3) is 1.00. The molecule has 0 heterocycles. The van der Waals surface area contributed by atoms with Crippen LogP contribution in [0.3, 0.4) is 0 Å². The Morgan fingerprint density at radius 1 is 0.929 bits per heavy atom. The summed E-state index contributed by atoms with van der Waals surface area (Å²) in [7, 11) is 0. The zero-order valence-corrected chi connectivity index (χ0v) is 8.78. The summed E-state index contributed by atoms with van der Waals surface area (Å²) < 4.78 is 15.0. The van der Waals surface area contributed by atoms with Gasteiger partial charge in [0.1, 0.15) is 0 Å². The lowest BCUT2D eigenvalue weighted by Gasteiger charge is -2.06. The van der Waals surface area contributed by atoms with E-state index in [2.05, 4.69) is 0 Å². The highest BCUT2D eigenvalue weighted by Gasteiger charge is 1.96. The molecule has 0 rings (SSSR count). The van der Waals surface area contributed by atoms with Gasteiger partial charge in [-0.25, -0.2) is 0 Å². The Balaban J connectivity index is 2.85. The number of rotatable bonds is 10. The van der Waals surface area contributed by atoms with Crippen LogP contribution in [0, 0.1) is 0 Å². The maximum absolute atomic E-state index is 8.61. The largest absolute Gasteiger partial charge is 0.394 e. The van der Waals surface area contributed by atoms with Crippen molar-refractivity contribution in [2.45, 2.75) is 5.56 Å². The van der Waals surface area contributed by atoms with Gasteiger partial charge in [0.25, 0.3) is 0 Å². The van der Waals surface area contributed by atoms with Gasteiger partial charge in [-0.1, -0.05) is 11.6 Å². The van der Waals surface area contributed by atoms with Crippen molar-refractivity contribution in [2.75, 3.05) is 46.2 Å². The number of hydrogen-bond acceptors (Lipinski definition) is 5. The fourth-order valence-electron chi connectivity index (χ4n) is 0.685. The third-order valence-corrected chi connectivity index (χ3v) is 1.36. The third-order valence-electron chi connectivity index (χ3n) is 1.24. The van der Waals surface area contributed by atoms with Gasteiger partial charge in [-0.2, -0.15) is 0 Å². The van der Waals surface area contributed by atoms with E-state index in [0.717, 1.165) is 0 Å². The van der Waals surface area contributed by atoms with Crippen LogP contribution in [0.15, 0.2) is 0 Å². The molecule has 1 atom stereocenters. The molecular weight excluding hydrogens is 212 g/mol. The first-order chi connectivity index (χ1) is 6.77. The Morgan fingerprint density at radius 2 is 1.43 bits per heavy atom. The summed E-state index contributed by atoms with van der Waals surface area (Å²) in [5.74, 6) is 0.